The van der Waals surface area contributed by atoms with Gasteiger partial charge in [-0.3, -0.25) is 0 Å². The molecule has 1 nitrogen and oxygen atoms in total. The Kier molecular flexibility index (Phi) is 4.32. The number of aliphatic hydroxyl groups excluding tert-OH is 1. The lowest BCUT2D eigenvalue weighted by Crippen LogP contribution is -2.05. The van der Waals surface area contributed by atoms with Crippen molar-refractivity contribution < 1.29 is 13.9 Å². The summed E-state index contributed by atoms with van der Waals surface area (Å²) in [6.07, 6.45) is -0.712. The minimum absolute atomic E-state index is 0.235. The predicted molar refractivity (Wildman–Crippen MR) is 73.9 cm³/mol. The van der Waals surface area contributed by atoms with E-state index in [-0.39, 0.29) is 17.8 Å². The molecule has 0 heterocycles. The Morgan fingerprint density at radius 3 is 2.63 bits per heavy atom. The van der Waals surface area contributed by atoms with Gasteiger partial charge in [0.15, 0.2) is 0 Å². The van der Waals surface area contributed by atoms with Gasteiger partial charge in [0.05, 0.1) is 10.6 Å². The van der Waals surface area contributed by atoms with Gasteiger partial charge in [0, 0.05) is 12.0 Å². The van der Waals surface area contributed by atoms with E-state index in [0.717, 1.165) is 5.56 Å². The van der Waals surface area contributed by atoms with E-state index in [9.17, 15) is 13.9 Å². The smallest absolute Gasteiger partial charge is 0.137 e. The lowest BCUT2D eigenvalue weighted by Gasteiger charge is -2.13. The Balaban J connectivity index is 2.23. The van der Waals surface area contributed by atoms with Crippen LogP contribution in [0.2, 0.25) is 0 Å². The van der Waals surface area contributed by atoms with Crippen molar-refractivity contribution in [3.05, 3.63) is 69.2 Å². The van der Waals surface area contributed by atoms with Crippen molar-refractivity contribution in [2.45, 2.75) is 19.4 Å². The van der Waals surface area contributed by atoms with Crippen molar-refractivity contribution in [2.75, 3.05) is 0 Å². The van der Waals surface area contributed by atoms with Crippen molar-refractivity contribution >= 4 is 15.9 Å². The van der Waals surface area contributed by atoms with Crippen LogP contribution in [0, 0.1) is 18.6 Å². The number of rotatable bonds is 3. The van der Waals surface area contributed by atoms with Crippen LogP contribution in [0.5, 0.6) is 0 Å². The second kappa shape index (κ2) is 5.80. The van der Waals surface area contributed by atoms with Crippen LogP contribution in [0.1, 0.15) is 22.8 Å². The molecule has 0 aliphatic carbocycles. The van der Waals surface area contributed by atoms with E-state index < -0.39 is 11.9 Å². The summed E-state index contributed by atoms with van der Waals surface area (Å²) in [5.74, 6) is -0.754. The van der Waals surface area contributed by atoms with Gasteiger partial charge in [-0.25, -0.2) is 8.78 Å². The highest BCUT2D eigenvalue weighted by atomic mass is 79.9. The summed E-state index contributed by atoms with van der Waals surface area (Å²) in [6, 6.07) is 9.41. The third-order valence-electron chi connectivity index (χ3n) is 2.99. The third kappa shape index (κ3) is 3.19. The predicted octanol–water partition coefficient (Wildman–Crippen LogP) is 4.31. The lowest BCUT2D eigenvalue weighted by molar-refractivity contribution is 0.173. The average molecular weight is 327 g/mol. The molecule has 4 heteroatoms. The molecular formula is C15H13BrF2O. The molecule has 0 spiro atoms. The van der Waals surface area contributed by atoms with Crippen LogP contribution in [0.4, 0.5) is 8.78 Å². The highest BCUT2D eigenvalue weighted by Gasteiger charge is 2.15. The standard InChI is InChI=1S/C15H13BrF2O/c1-9-3-2-4-11(15(9)18)14(19)8-10-5-6-13(17)12(16)7-10/h2-7,14,19H,8H2,1H3. The number of aliphatic hydroxyl groups is 1. The highest BCUT2D eigenvalue weighted by molar-refractivity contribution is 9.10. The van der Waals surface area contributed by atoms with E-state index in [4.69, 9.17) is 0 Å². The van der Waals surface area contributed by atoms with E-state index in [1.165, 1.54) is 6.07 Å². The van der Waals surface area contributed by atoms with Crippen LogP contribution >= 0.6 is 15.9 Å². The van der Waals surface area contributed by atoms with Crippen molar-refractivity contribution in [3.8, 4) is 0 Å². The molecule has 0 saturated heterocycles. The molecule has 0 fully saturated rings. The molecule has 0 aromatic heterocycles. The molecule has 0 saturated carbocycles. The Hall–Kier alpha value is -1.26. The number of halogens is 3. The molecule has 2 aromatic carbocycles. The summed E-state index contributed by atoms with van der Waals surface area (Å²) in [7, 11) is 0. The molecule has 2 rings (SSSR count). The summed E-state index contributed by atoms with van der Waals surface area (Å²) in [5.41, 5.74) is 1.50. The van der Waals surface area contributed by atoms with Gasteiger partial charge in [0.2, 0.25) is 0 Å². The Morgan fingerprint density at radius 2 is 1.95 bits per heavy atom. The lowest BCUT2D eigenvalue weighted by atomic mass is 9.99. The molecule has 0 aliphatic heterocycles. The maximum atomic E-state index is 13.9. The van der Waals surface area contributed by atoms with Crippen LogP contribution in [0.3, 0.4) is 0 Å². The minimum atomic E-state index is -0.947. The Morgan fingerprint density at radius 1 is 1.21 bits per heavy atom. The highest BCUT2D eigenvalue weighted by Crippen LogP contribution is 2.25. The first kappa shape index (κ1) is 14.2. The molecule has 1 unspecified atom stereocenters. The van der Waals surface area contributed by atoms with E-state index in [1.807, 2.05) is 0 Å². The zero-order valence-electron chi connectivity index (χ0n) is 10.3. The van der Waals surface area contributed by atoms with Crippen LogP contribution in [-0.2, 0) is 6.42 Å². The number of hydrogen-bond acceptors (Lipinski definition) is 1. The van der Waals surface area contributed by atoms with E-state index >= 15 is 0 Å². The number of aryl methyl sites for hydroxylation is 1. The van der Waals surface area contributed by atoms with Gasteiger partial charge in [-0.15, -0.1) is 0 Å². The molecule has 2 aromatic rings. The van der Waals surface area contributed by atoms with Crippen LogP contribution in [-0.4, -0.2) is 5.11 Å². The largest absolute Gasteiger partial charge is 0.388 e. The van der Waals surface area contributed by atoms with Gasteiger partial charge >= 0.3 is 0 Å². The van der Waals surface area contributed by atoms with Crippen molar-refractivity contribution in [2.24, 2.45) is 0 Å². The maximum Gasteiger partial charge on any atom is 0.137 e. The first-order valence-electron chi connectivity index (χ1n) is 5.86. The van der Waals surface area contributed by atoms with Crippen molar-refractivity contribution in [3.63, 3.8) is 0 Å². The SMILES string of the molecule is Cc1cccc(C(O)Cc2ccc(F)c(Br)c2)c1F. The second-order valence-electron chi connectivity index (χ2n) is 4.45. The summed E-state index contributed by atoms with van der Waals surface area (Å²) in [5, 5.41) is 10.1. The molecular weight excluding hydrogens is 314 g/mol. The first-order chi connectivity index (χ1) is 8.99. The van der Waals surface area contributed by atoms with Crippen LogP contribution in [0.15, 0.2) is 40.9 Å². The first-order valence-corrected chi connectivity index (χ1v) is 6.65. The molecule has 0 aliphatic rings. The summed E-state index contributed by atoms with van der Waals surface area (Å²) in [6.45, 7) is 1.65. The average Bonchev–Trinajstić information content (AvgIpc) is 2.37. The van der Waals surface area contributed by atoms with Gasteiger partial charge in [-0.1, -0.05) is 24.3 Å². The summed E-state index contributed by atoms with van der Waals surface area (Å²) >= 11 is 3.09. The topological polar surface area (TPSA) is 20.2 Å². The number of hydrogen-bond donors (Lipinski definition) is 1. The Labute approximate surface area is 119 Å². The molecule has 0 bridgehead atoms. The monoisotopic (exact) mass is 326 g/mol. The zero-order valence-corrected chi connectivity index (χ0v) is 11.9. The quantitative estimate of drug-likeness (QED) is 0.891. The van der Waals surface area contributed by atoms with Gasteiger partial charge in [0.25, 0.3) is 0 Å². The summed E-state index contributed by atoms with van der Waals surface area (Å²) < 4.78 is 27.3. The Bertz CT molecular complexity index is 599. The third-order valence-corrected chi connectivity index (χ3v) is 3.60. The zero-order chi connectivity index (χ0) is 14.0. The maximum absolute atomic E-state index is 13.9. The fourth-order valence-electron chi connectivity index (χ4n) is 1.93. The van der Waals surface area contributed by atoms with Crippen molar-refractivity contribution in [1.29, 1.82) is 0 Å². The normalized spacial score (nSPS) is 12.5. The van der Waals surface area contributed by atoms with E-state index in [2.05, 4.69) is 15.9 Å². The van der Waals surface area contributed by atoms with Gasteiger partial charge in [0.1, 0.15) is 11.6 Å². The molecule has 100 valence electrons. The van der Waals surface area contributed by atoms with E-state index in [1.54, 1.807) is 37.3 Å². The molecule has 1 N–H and O–H groups in total. The number of benzene rings is 2. The minimum Gasteiger partial charge on any atom is -0.388 e. The molecule has 1 atom stereocenters. The summed E-state index contributed by atoms with van der Waals surface area (Å²) in [4.78, 5) is 0. The fraction of sp³-hybridized carbons (Fsp3) is 0.200. The second-order valence-corrected chi connectivity index (χ2v) is 5.30. The van der Waals surface area contributed by atoms with Gasteiger partial charge in [-0.05, 0) is 46.1 Å². The molecule has 0 amide bonds. The van der Waals surface area contributed by atoms with Crippen LogP contribution in [0.25, 0.3) is 0 Å². The van der Waals surface area contributed by atoms with Gasteiger partial charge < -0.3 is 5.11 Å². The molecule has 0 radical (unpaired) electrons. The van der Waals surface area contributed by atoms with Gasteiger partial charge in [-0.2, -0.15) is 0 Å². The molecule has 19 heavy (non-hydrogen) atoms. The van der Waals surface area contributed by atoms with E-state index in [0.29, 0.717) is 10.0 Å². The fourth-order valence-corrected chi connectivity index (χ4v) is 2.35. The van der Waals surface area contributed by atoms with Crippen molar-refractivity contribution in [1.82, 2.24) is 0 Å². The van der Waals surface area contributed by atoms with Crippen LogP contribution < -0.4 is 0 Å².